The molecule has 0 aliphatic carbocycles. The smallest absolute Gasteiger partial charge is 0.342 e. The summed E-state index contributed by atoms with van der Waals surface area (Å²) in [4.78, 5) is 0. The molecule has 0 spiro atoms. The van der Waals surface area contributed by atoms with E-state index in [2.05, 4.69) is 4.74 Å². The third-order valence-corrected chi connectivity index (χ3v) is 1.35. The van der Waals surface area contributed by atoms with Crippen LogP contribution in [0.5, 0.6) is 0 Å². The molecule has 0 saturated heterocycles. The predicted octanol–water partition coefficient (Wildman–Crippen LogP) is 2.49. The van der Waals surface area contributed by atoms with Crippen molar-refractivity contribution >= 4 is 11.6 Å². The molecule has 0 aromatic carbocycles. The Morgan fingerprint density at radius 3 is 1.82 bits per heavy atom. The van der Waals surface area contributed by atoms with Crippen molar-refractivity contribution < 1.29 is 22.3 Å². The highest BCUT2D eigenvalue weighted by Gasteiger charge is 2.56. The molecule has 0 bridgehead atoms. The largest absolute Gasteiger partial charge is 0.448 e. The molecule has 0 aromatic rings. The molecule has 0 saturated carbocycles. The number of hydrogen-bond donors (Lipinski definition) is 0. The van der Waals surface area contributed by atoms with E-state index in [9.17, 15) is 17.6 Å². The Morgan fingerprint density at radius 2 is 1.73 bits per heavy atom. The van der Waals surface area contributed by atoms with E-state index in [4.69, 9.17) is 11.6 Å². The second kappa shape index (κ2) is 3.58. The molecule has 0 amide bonds. The van der Waals surface area contributed by atoms with Gasteiger partial charge in [-0.25, -0.2) is 4.39 Å². The first-order chi connectivity index (χ1) is 4.87. The van der Waals surface area contributed by atoms with Gasteiger partial charge in [-0.05, 0) is 0 Å². The minimum Gasteiger partial charge on any atom is -0.342 e. The minimum atomic E-state index is -5.02. The van der Waals surface area contributed by atoms with E-state index < -0.39 is 24.3 Å². The van der Waals surface area contributed by atoms with Crippen LogP contribution in [0.2, 0.25) is 0 Å². The molecule has 68 valence electrons. The van der Waals surface area contributed by atoms with Gasteiger partial charge in [-0.3, -0.25) is 0 Å². The van der Waals surface area contributed by atoms with E-state index in [0.717, 1.165) is 0 Å². The topological polar surface area (TPSA) is 9.23 Å². The second-order valence-electron chi connectivity index (χ2n) is 1.87. The van der Waals surface area contributed by atoms with E-state index in [0.29, 0.717) is 7.11 Å². The first-order valence-electron chi connectivity index (χ1n) is 2.74. The van der Waals surface area contributed by atoms with Crippen molar-refractivity contribution in [3.63, 3.8) is 0 Å². The molecule has 0 N–H and O–H groups in total. The van der Waals surface area contributed by atoms with Crippen LogP contribution in [0.4, 0.5) is 17.6 Å². The Kier molecular flexibility index (Phi) is 3.57. The van der Waals surface area contributed by atoms with E-state index in [1.54, 1.807) is 0 Å². The Morgan fingerprint density at radius 1 is 1.27 bits per heavy atom. The molecule has 1 nitrogen and oxygen atoms in total. The van der Waals surface area contributed by atoms with Gasteiger partial charge < -0.3 is 4.74 Å². The third kappa shape index (κ3) is 2.48. The average Bonchev–Trinajstić information content (AvgIpc) is 1.86. The fraction of sp³-hybridized carbons (Fsp3) is 1.00. The molecule has 0 aliphatic heterocycles. The van der Waals surface area contributed by atoms with Gasteiger partial charge in [-0.2, -0.15) is 13.2 Å². The summed E-state index contributed by atoms with van der Waals surface area (Å²) in [6.45, 7) is 0. The summed E-state index contributed by atoms with van der Waals surface area (Å²) < 4.78 is 51.5. The summed E-state index contributed by atoms with van der Waals surface area (Å²) in [5.41, 5.74) is 0. The Balaban J connectivity index is 4.33. The Hall–Kier alpha value is -0.0300. The second-order valence-corrected chi connectivity index (χ2v) is 2.25. The van der Waals surface area contributed by atoms with Gasteiger partial charge in [-0.1, -0.05) is 0 Å². The summed E-state index contributed by atoms with van der Waals surface area (Å²) in [7, 11) is 0.653. The monoisotopic (exact) mass is 194 g/mol. The number of methoxy groups -OCH3 is 1. The lowest BCUT2D eigenvalue weighted by atomic mass is 10.2. The van der Waals surface area contributed by atoms with Crippen LogP contribution >= 0.6 is 11.6 Å². The molecule has 0 rings (SSSR count). The van der Waals surface area contributed by atoms with Crippen molar-refractivity contribution in [1.82, 2.24) is 0 Å². The van der Waals surface area contributed by atoms with Crippen LogP contribution < -0.4 is 0 Å². The number of halogens is 5. The molecule has 1 atom stereocenters. The molecule has 0 heterocycles. The van der Waals surface area contributed by atoms with E-state index in [1.807, 2.05) is 0 Å². The van der Waals surface area contributed by atoms with Gasteiger partial charge in [0.25, 0.3) is 0 Å². The summed E-state index contributed by atoms with van der Waals surface area (Å²) in [5, 5.41) is 0. The number of ether oxygens (including phenoxy) is 1. The number of alkyl halides is 5. The lowest BCUT2D eigenvalue weighted by molar-refractivity contribution is -0.325. The maximum atomic E-state index is 12.6. The molecular weight excluding hydrogens is 187 g/mol. The first kappa shape index (κ1) is 11.0. The maximum Gasteiger partial charge on any atom is 0.448 e. The molecule has 0 aliphatic rings. The molecule has 1 unspecified atom stereocenters. The van der Waals surface area contributed by atoms with Crippen LogP contribution in [-0.2, 0) is 4.74 Å². The van der Waals surface area contributed by atoms with Crippen molar-refractivity contribution in [2.24, 2.45) is 0 Å². The third-order valence-electron chi connectivity index (χ3n) is 1.16. The van der Waals surface area contributed by atoms with Crippen molar-refractivity contribution in [1.29, 1.82) is 0 Å². The van der Waals surface area contributed by atoms with Gasteiger partial charge in [0.1, 0.15) is 0 Å². The van der Waals surface area contributed by atoms with Crippen LogP contribution in [-0.4, -0.2) is 25.0 Å². The van der Waals surface area contributed by atoms with Crippen molar-refractivity contribution in [2.45, 2.75) is 18.5 Å². The Bertz CT molecular complexity index is 126. The highest BCUT2D eigenvalue weighted by atomic mass is 35.5. The van der Waals surface area contributed by atoms with E-state index >= 15 is 0 Å². The predicted molar refractivity (Wildman–Crippen MR) is 32.2 cm³/mol. The molecular formula is C5H7ClF4O. The van der Waals surface area contributed by atoms with Crippen LogP contribution in [0, 0.1) is 0 Å². The molecule has 0 fully saturated rings. The molecule has 6 heteroatoms. The van der Waals surface area contributed by atoms with E-state index in [1.165, 1.54) is 0 Å². The quantitative estimate of drug-likeness (QED) is 0.496. The zero-order valence-electron chi connectivity index (χ0n) is 5.71. The van der Waals surface area contributed by atoms with Gasteiger partial charge >= 0.3 is 12.0 Å². The van der Waals surface area contributed by atoms with Gasteiger partial charge in [0, 0.05) is 19.4 Å². The summed E-state index contributed by atoms with van der Waals surface area (Å²) in [5.74, 6) is -4.04. The zero-order valence-corrected chi connectivity index (χ0v) is 6.47. The standard InChI is InChI=1S/C5H7ClF4O/c1-11-4(7,2-3-6)5(8,9)10/h2-3H2,1H3. The zero-order chi connectivity index (χ0) is 9.12. The summed E-state index contributed by atoms with van der Waals surface area (Å²) in [6, 6.07) is 0. The minimum absolute atomic E-state index is 0.441. The van der Waals surface area contributed by atoms with Crippen LogP contribution in [0.25, 0.3) is 0 Å². The lowest BCUT2D eigenvalue weighted by Gasteiger charge is -2.24. The fourth-order valence-corrected chi connectivity index (χ4v) is 0.724. The van der Waals surface area contributed by atoms with E-state index in [-0.39, 0.29) is 0 Å². The summed E-state index contributed by atoms with van der Waals surface area (Å²) in [6.07, 6.45) is -5.91. The molecule has 0 aromatic heterocycles. The van der Waals surface area contributed by atoms with Crippen LogP contribution in [0.1, 0.15) is 6.42 Å². The van der Waals surface area contributed by atoms with Crippen molar-refractivity contribution in [3.8, 4) is 0 Å². The summed E-state index contributed by atoms with van der Waals surface area (Å²) >= 11 is 4.95. The van der Waals surface area contributed by atoms with Gasteiger partial charge in [0.15, 0.2) is 0 Å². The Labute approximate surface area is 66.3 Å². The molecule has 11 heavy (non-hydrogen) atoms. The fourth-order valence-electron chi connectivity index (χ4n) is 0.481. The number of rotatable bonds is 3. The van der Waals surface area contributed by atoms with Crippen LogP contribution in [0.3, 0.4) is 0 Å². The van der Waals surface area contributed by atoms with Crippen LogP contribution in [0.15, 0.2) is 0 Å². The maximum absolute atomic E-state index is 12.6. The SMILES string of the molecule is COC(F)(CCCl)C(F)(F)F. The van der Waals surface area contributed by atoms with Gasteiger partial charge in [0.05, 0.1) is 0 Å². The first-order valence-corrected chi connectivity index (χ1v) is 3.27. The highest BCUT2D eigenvalue weighted by molar-refractivity contribution is 6.17. The highest BCUT2D eigenvalue weighted by Crippen LogP contribution is 2.37. The van der Waals surface area contributed by atoms with Gasteiger partial charge in [-0.15, -0.1) is 11.6 Å². The number of hydrogen-bond acceptors (Lipinski definition) is 1. The van der Waals surface area contributed by atoms with Crippen molar-refractivity contribution in [2.75, 3.05) is 13.0 Å². The molecule has 0 radical (unpaired) electrons. The van der Waals surface area contributed by atoms with Crippen molar-refractivity contribution in [3.05, 3.63) is 0 Å². The lowest BCUT2D eigenvalue weighted by Crippen LogP contribution is -2.42. The van der Waals surface area contributed by atoms with Gasteiger partial charge in [0.2, 0.25) is 0 Å². The average molecular weight is 195 g/mol. The normalized spacial score (nSPS) is 18.0.